The van der Waals surface area contributed by atoms with Crippen LogP contribution in [0.5, 0.6) is 5.75 Å². The molecule has 2 aromatic carbocycles. The fourth-order valence-corrected chi connectivity index (χ4v) is 2.53. The molecule has 104 valence electrons. The quantitative estimate of drug-likeness (QED) is 0.682. The average molecular weight is 374 g/mol. The van der Waals surface area contributed by atoms with Gasteiger partial charge in [-0.25, -0.2) is 0 Å². The topological polar surface area (TPSA) is 26.3 Å². The summed E-state index contributed by atoms with van der Waals surface area (Å²) in [5.74, 6) is 0.273. The molecular weight excluding hydrogens is 363 g/mol. The molecule has 0 aliphatic carbocycles. The highest BCUT2D eigenvalue weighted by Gasteiger charge is 2.16. The lowest BCUT2D eigenvalue weighted by Gasteiger charge is -2.09. The van der Waals surface area contributed by atoms with E-state index in [-0.39, 0.29) is 5.78 Å². The number of hydrogen-bond acceptors (Lipinski definition) is 2. The molecule has 0 spiro atoms. The van der Waals surface area contributed by atoms with Crippen LogP contribution >= 0.6 is 39.1 Å². The molecule has 0 saturated carbocycles. The minimum Gasteiger partial charge on any atom is -0.495 e. The average Bonchev–Trinajstić information content (AvgIpc) is 2.43. The number of methoxy groups -OCH3 is 1. The third-order valence-corrected chi connectivity index (χ3v) is 4.40. The predicted octanol–water partition coefficient (Wildman–Crippen LogP) is 5.30. The summed E-state index contributed by atoms with van der Waals surface area (Å²) >= 11 is 15.6. The van der Waals surface area contributed by atoms with E-state index in [1.165, 1.54) is 13.2 Å². The van der Waals surface area contributed by atoms with E-state index >= 15 is 0 Å². The maximum atomic E-state index is 12.5. The molecule has 20 heavy (non-hydrogen) atoms. The Kier molecular flexibility index (Phi) is 4.74. The second-order valence-electron chi connectivity index (χ2n) is 4.26. The summed E-state index contributed by atoms with van der Waals surface area (Å²) in [5.41, 5.74) is 1.90. The molecule has 0 saturated heterocycles. The Balaban J connectivity index is 2.48. The largest absolute Gasteiger partial charge is 0.495 e. The van der Waals surface area contributed by atoms with Crippen molar-refractivity contribution in [3.05, 3.63) is 61.5 Å². The highest BCUT2D eigenvalue weighted by atomic mass is 79.9. The van der Waals surface area contributed by atoms with E-state index < -0.39 is 0 Å². The van der Waals surface area contributed by atoms with Crippen molar-refractivity contribution in [1.82, 2.24) is 0 Å². The molecule has 0 heterocycles. The van der Waals surface area contributed by atoms with Crippen molar-refractivity contribution in [2.45, 2.75) is 6.92 Å². The number of benzene rings is 2. The molecule has 0 fully saturated rings. The van der Waals surface area contributed by atoms with E-state index in [9.17, 15) is 4.79 Å². The SMILES string of the molecule is COc1cc(Cl)c(C(=O)c2ccc(Br)c(C)c2)cc1Cl. The van der Waals surface area contributed by atoms with E-state index in [1.807, 2.05) is 13.0 Å². The first-order valence-electron chi connectivity index (χ1n) is 5.78. The summed E-state index contributed by atoms with van der Waals surface area (Å²) in [4.78, 5) is 12.5. The Morgan fingerprint density at radius 2 is 1.85 bits per heavy atom. The second-order valence-corrected chi connectivity index (χ2v) is 5.93. The van der Waals surface area contributed by atoms with E-state index in [2.05, 4.69) is 15.9 Å². The molecule has 0 radical (unpaired) electrons. The highest BCUT2D eigenvalue weighted by molar-refractivity contribution is 9.10. The van der Waals surface area contributed by atoms with Gasteiger partial charge >= 0.3 is 0 Å². The number of hydrogen-bond donors (Lipinski definition) is 0. The van der Waals surface area contributed by atoms with Gasteiger partial charge in [0.25, 0.3) is 0 Å². The van der Waals surface area contributed by atoms with E-state index in [0.29, 0.717) is 26.9 Å². The fraction of sp³-hybridized carbons (Fsp3) is 0.133. The minimum absolute atomic E-state index is 0.171. The number of rotatable bonds is 3. The molecule has 0 aliphatic heterocycles. The lowest BCUT2D eigenvalue weighted by Crippen LogP contribution is -2.03. The molecule has 0 amide bonds. The monoisotopic (exact) mass is 372 g/mol. The van der Waals surface area contributed by atoms with Crippen molar-refractivity contribution in [2.24, 2.45) is 0 Å². The molecule has 2 nitrogen and oxygen atoms in total. The van der Waals surface area contributed by atoms with Gasteiger partial charge in [0.15, 0.2) is 5.78 Å². The molecule has 0 unspecified atom stereocenters. The van der Waals surface area contributed by atoms with Crippen molar-refractivity contribution >= 4 is 44.9 Å². The van der Waals surface area contributed by atoms with Crippen LogP contribution in [0, 0.1) is 6.92 Å². The normalized spacial score (nSPS) is 10.4. The molecule has 2 aromatic rings. The maximum Gasteiger partial charge on any atom is 0.194 e. The summed E-state index contributed by atoms with van der Waals surface area (Å²) in [6, 6.07) is 8.46. The lowest BCUT2D eigenvalue weighted by atomic mass is 10.0. The summed E-state index contributed by atoms with van der Waals surface area (Å²) in [5, 5.41) is 0.672. The molecular formula is C15H11BrCl2O2. The van der Waals surface area contributed by atoms with Gasteiger partial charge in [-0.15, -0.1) is 0 Å². The molecule has 0 bridgehead atoms. The smallest absolute Gasteiger partial charge is 0.194 e. The van der Waals surface area contributed by atoms with Gasteiger partial charge in [-0.2, -0.15) is 0 Å². The number of carbonyl (C=O) groups excluding carboxylic acids is 1. The van der Waals surface area contributed by atoms with Crippen molar-refractivity contribution in [2.75, 3.05) is 7.11 Å². The molecule has 0 aliphatic rings. The van der Waals surface area contributed by atoms with Crippen LogP contribution in [0.4, 0.5) is 0 Å². The lowest BCUT2D eigenvalue weighted by molar-refractivity contribution is 0.103. The molecule has 0 N–H and O–H groups in total. The zero-order valence-corrected chi connectivity index (χ0v) is 13.9. The van der Waals surface area contributed by atoms with Crippen LogP contribution in [-0.2, 0) is 0 Å². The van der Waals surface area contributed by atoms with E-state index in [0.717, 1.165) is 10.0 Å². The van der Waals surface area contributed by atoms with Gasteiger partial charge in [-0.3, -0.25) is 4.79 Å². The Bertz CT molecular complexity index is 684. The van der Waals surface area contributed by atoms with Gasteiger partial charge in [0.05, 0.1) is 17.2 Å². The Morgan fingerprint density at radius 3 is 2.45 bits per heavy atom. The van der Waals surface area contributed by atoms with Crippen molar-refractivity contribution in [3.8, 4) is 5.75 Å². The molecule has 0 atom stereocenters. The number of aryl methyl sites for hydroxylation is 1. The van der Waals surface area contributed by atoms with Crippen LogP contribution in [0.3, 0.4) is 0 Å². The van der Waals surface area contributed by atoms with E-state index in [4.69, 9.17) is 27.9 Å². The zero-order valence-electron chi connectivity index (χ0n) is 10.8. The van der Waals surface area contributed by atoms with Gasteiger partial charge in [0, 0.05) is 21.7 Å². The third kappa shape index (κ3) is 3.00. The summed E-state index contributed by atoms with van der Waals surface area (Å²) in [6.45, 7) is 1.92. The molecule has 0 aromatic heterocycles. The van der Waals surface area contributed by atoms with Gasteiger partial charge in [0.1, 0.15) is 5.75 Å². The Labute approximate surface area is 135 Å². The van der Waals surface area contributed by atoms with Crippen LogP contribution in [0.25, 0.3) is 0 Å². The fourth-order valence-electron chi connectivity index (χ4n) is 1.80. The summed E-state index contributed by atoms with van der Waals surface area (Å²) in [6.07, 6.45) is 0. The molecule has 5 heteroatoms. The summed E-state index contributed by atoms with van der Waals surface area (Å²) in [7, 11) is 1.50. The first-order valence-corrected chi connectivity index (χ1v) is 7.33. The van der Waals surface area contributed by atoms with Crippen LogP contribution in [0.2, 0.25) is 10.0 Å². The van der Waals surface area contributed by atoms with Crippen LogP contribution in [0.1, 0.15) is 21.5 Å². The van der Waals surface area contributed by atoms with Gasteiger partial charge < -0.3 is 4.74 Å². The maximum absolute atomic E-state index is 12.5. The molecule has 2 rings (SSSR count). The van der Waals surface area contributed by atoms with Crippen LogP contribution in [-0.4, -0.2) is 12.9 Å². The second kappa shape index (κ2) is 6.17. The summed E-state index contributed by atoms with van der Waals surface area (Å²) < 4.78 is 6.02. The standard InChI is InChI=1S/C15H11BrCl2O2/c1-8-5-9(3-4-11(8)16)15(19)10-6-13(18)14(20-2)7-12(10)17/h3-7H,1-2H3. The van der Waals surface area contributed by atoms with E-state index in [1.54, 1.807) is 18.2 Å². The van der Waals surface area contributed by atoms with Gasteiger partial charge in [0.2, 0.25) is 0 Å². The van der Waals surface area contributed by atoms with Gasteiger partial charge in [-0.05, 0) is 36.8 Å². The minimum atomic E-state index is -0.171. The first kappa shape index (κ1) is 15.4. The van der Waals surface area contributed by atoms with Crippen molar-refractivity contribution in [1.29, 1.82) is 0 Å². The Hall–Kier alpha value is -1.03. The number of ketones is 1. The van der Waals surface area contributed by atoms with Crippen LogP contribution in [0.15, 0.2) is 34.8 Å². The third-order valence-electron chi connectivity index (χ3n) is 2.91. The number of carbonyl (C=O) groups is 1. The number of ether oxygens (including phenoxy) is 1. The number of halogens is 3. The van der Waals surface area contributed by atoms with Crippen molar-refractivity contribution < 1.29 is 9.53 Å². The van der Waals surface area contributed by atoms with Gasteiger partial charge in [-0.1, -0.05) is 39.1 Å². The predicted molar refractivity (Wildman–Crippen MR) is 85.3 cm³/mol. The van der Waals surface area contributed by atoms with Crippen molar-refractivity contribution in [3.63, 3.8) is 0 Å². The highest BCUT2D eigenvalue weighted by Crippen LogP contribution is 2.32. The van der Waals surface area contributed by atoms with Crippen LogP contribution < -0.4 is 4.74 Å². The first-order chi connectivity index (χ1) is 9.43. The Morgan fingerprint density at radius 1 is 1.15 bits per heavy atom. The zero-order chi connectivity index (χ0) is 14.9.